The molecule has 1 fully saturated rings. The molecule has 0 bridgehead atoms. The van der Waals surface area contributed by atoms with Crippen molar-refractivity contribution in [3.05, 3.63) is 23.8 Å². The highest BCUT2D eigenvalue weighted by molar-refractivity contribution is 5.85. The molecule has 22 heavy (non-hydrogen) atoms. The molecule has 0 aromatic heterocycles. The number of fused-ring (bicyclic) bond motifs is 1. The number of hydrogen-bond donors (Lipinski definition) is 2. The second-order valence-corrected chi connectivity index (χ2v) is 6.43. The Hall–Kier alpha value is -1.46. The lowest BCUT2D eigenvalue weighted by molar-refractivity contribution is -0.123. The third kappa shape index (κ3) is 3.47. The Labute approximate surface area is 137 Å². The summed E-state index contributed by atoms with van der Waals surface area (Å²) in [6.07, 6.45) is 0.881. The largest absolute Gasteiger partial charge is 0.486 e. The molecule has 3 rings (SSSR count). The van der Waals surface area contributed by atoms with Crippen molar-refractivity contribution in [3.63, 3.8) is 0 Å². The molecule has 6 heteroatoms. The molecule has 0 spiro atoms. The molecule has 0 saturated heterocycles. The van der Waals surface area contributed by atoms with Crippen LogP contribution in [0.2, 0.25) is 0 Å². The standard InChI is InChI=1S/C16H22N2O3.ClH/c1-16(2,9-17)18-15(19)12-8-11(12)10-3-4-13-14(7-10)21-6-5-20-13;/h3-4,7,11-12H,5-6,8-9,17H2,1-2H3,(H,18,19);1H. The van der Waals surface area contributed by atoms with E-state index in [-0.39, 0.29) is 35.7 Å². The number of carbonyl (C=O) groups excluding carboxylic acids is 1. The third-order valence-corrected chi connectivity index (χ3v) is 4.09. The molecule has 5 nitrogen and oxygen atoms in total. The highest BCUT2D eigenvalue weighted by atomic mass is 35.5. The van der Waals surface area contributed by atoms with Gasteiger partial charge in [0.25, 0.3) is 0 Å². The summed E-state index contributed by atoms with van der Waals surface area (Å²) in [4.78, 5) is 12.2. The number of halogens is 1. The summed E-state index contributed by atoms with van der Waals surface area (Å²) in [5, 5.41) is 3.01. The molecule has 1 heterocycles. The average Bonchev–Trinajstić information content (AvgIpc) is 3.27. The molecule has 2 aliphatic rings. The van der Waals surface area contributed by atoms with E-state index < -0.39 is 0 Å². The number of hydrogen-bond acceptors (Lipinski definition) is 4. The SMILES string of the molecule is CC(C)(CN)NC(=O)C1CC1c1ccc2c(c1)OCCO2.Cl. The lowest BCUT2D eigenvalue weighted by atomic mass is 10.0. The van der Waals surface area contributed by atoms with Gasteiger partial charge in [-0.1, -0.05) is 6.07 Å². The van der Waals surface area contributed by atoms with Crippen molar-refractivity contribution < 1.29 is 14.3 Å². The number of carbonyl (C=O) groups is 1. The van der Waals surface area contributed by atoms with Crippen LogP contribution in [0, 0.1) is 5.92 Å². The topological polar surface area (TPSA) is 73.6 Å². The number of nitrogens with two attached hydrogens (primary N) is 1. The van der Waals surface area contributed by atoms with Crippen LogP contribution < -0.4 is 20.5 Å². The molecule has 0 radical (unpaired) electrons. The van der Waals surface area contributed by atoms with Crippen LogP contribution in [0.5, 0.6) is 11.5 Å². The van der Waals surface area contributed by atoms with Crippen LogP contribution in [0.15, 0.2) is 18.2 Å². The Balaban J connectivity index is 0.00000176. The lowest BCUT2D eigenvalue weighted by Gasteiger charge is -2.24. The van der Waals surface area contributed by atoms with Crippen LogP contribution in [0.1, 0.15) is 31.7 Å². The number of amides is 1. The Bertz CT molecular complexity index is 562. The maximum atomic E-state index is 12.2. The van der Waals surface area contributed by atoms with Crippen molar-refractivity contribution in [2.45, 2.75) is 31.7 Å². The van der Waals surface area contributed by atoms with E-state index in [2.05, 4.69) is 5.32 Å². The van der Waals surface area contributed by atoms with Gasteiger partial charge in [-0.25, -0.2) is 0 Å². The van der Waals surface area contributed by atoms with E-state index in [9.17, 15) is 4.79 Å². The predicted molar refractivity (Wildman–Crippen MR) is 86.8 cm³/mol. The highest BCUT2D eigenvalue weighted by Crippen LogP contribution is 2.49. The molecule has 1 amide bonds. The van der Waals surface area contributed by atoms with Gasteiger partial charge in [0.15, 0.2) is 11.5 Å². The first-order valence-electron chi connectivity index (χ1n) is 7.42. The minimum absolute atomic E-state index is 0. The van der Waals surface area contributed by atoms with Crippen LogP contribution in [-0.4, -0.2) is 31.2 Å². The monoisotopic (exact) mass is 326 g/mol. The molecule has 2 unspecified atom stereocenters. The van der Waals surface area contributed by atoms with Crippen molar-refractivity contribution in [1.82, 2.24) is 5.32 Å². The molecule has 1 aliphatic heterocycles. The summed E-state index contributed by atoms with van der Waals surface area (Å²) < 4.78 is 11.1. The number of nitrogens with one attached hydrogen (secondary N) is 1. The summed E-state index contributed by atoms with van der Waals surface area (Å²) in [5.41, 5.74) is 6.45. The molecular weight excluding hydrogens is 304 g/mol. The van der Waals surface area contributed by atoms with Gasteiger partial charge >= 0.3 is 0 Å². The Kier molecular flexibility index (Phi) is 4.87. The van der Waals surface area contributed by atoms with Gasteiger partial charge in [0, 0.05) is 18.0 Å². The van der Waals surface area contributed by atoms with Gasteiger partial charge in [-0.2, -0.15) is 0 Å². The van der Waals surface area contributed by atoms with E-state index in [1.807, 2.05) is 32.0 Å². The van der Waals surface area contributed by atoms with Crippen LogP contribution in [0.4, 0.5) is 0 Å². The fraction of sp³-hybridized carbons (Fsp3) is 0.562. The quantitative estimate of drug-likeness (QED) is 0.885. The second-order valence-electron chi connectivity index (χ2n) is 6.43. The van der Waals surface area contributed by atoms with Gasteiger partial charge in [0.1, 0.15) is 13.2 Å². The Morgan fingerprint density at radius 3 is 2.68 bits per heavy atom. The van der Waals surface area contributed by atoms with Gasteiger partial charge in [0.2, 0.25) is 5.91 Å². The molecule has 1 saturated carbocycles. The lowest BCUT2D eigenvalue weighted by Crippen LogP contribution is -2.49. The first-order chi connectivity index (χ1) is 10.00. The van der Waals surface area contributed by atoms with Crippen molar-refractivity contribution >= 4 is 18.3 Å². The van der Waals surface area contributed by atoms with Crippen molar-refractivity contribution in [1.29, 1.82) is 0 Å². The molecule has 2 atom stereocenters. The summed E-state index contributed by atoms with van der Waals surface area (Å²) in [6, 6.07) is 5.96. The summed E-state index contributed by atoms with van der Waals surface area (Å²) in [5.74, 6) is 1.97. The van der Waals surface area contributed by atoms with Crippen LogP contribution in [0.3, 0.4) is 0 Å². The van der Waals surface area contributed by atoms with Gasteiger partial charge in [0.05, 0.1) is 0 Å². The minimum Gasteiger partial charge on any atom is -0.486 e. The number of benzene rings is 1. The minimum atomic E-state index is -0.350. The summed E-state index contributed by atoms with van der Waals surface area (Å²) in [6.45, 7) is 5.48. The maximum Gasteiger partial charge on any atom is 0.224 e. The van der Waals surface area contributed by atoms with Gasteiger partial charge < -0.3 is 20.5 Å². The van der Waals surface area contributed by atoms with E-state index in [0.717, 1.165) is 23.5 Å². The van der Waals surface area contributed by atoms with E-state index in [1.54, 1.807) is 0 Å². The fourth-order valence-electron chi connectivity index (χ4n) is 2.62. The van der Waals surface area contributed by atoms with Crippen LogP contribution >= 0.6 is 12.4 Å². The van der Waals surface area contributed by atoms with Gasteiger partial charge in [-0.05, 0) is 43.9 Å². The summed E-state index contributed by atoms with van der Waals surface area (Å²) in [7, 11) is 0. The molecule has 122 valence electrons. The van der Waals surface area contributed by atoms with Crippen LogP contribution in [0.25, 0.3) is 0 Å². The van der Waals surface area contributed by atoms with Crippen molar-refractivity contribution in [2.24, 2.45) is 11.7 Å². The first-order valence-corrected chi connectivity index (χ1v) is 7.42. The van der Waals surface area contributed by atoms with Crippen molar-refractivity contribution in [3.8, 4) is 11.5 Å². The molecular formula is C16H23ClN2O3. The molecule has 3 N–H and O–H groups in total. The predicted octanol–water partition coefficient (Wildman–Crippen LogP) is 1.84. The second kappa shape index (κ2) is 6.34. The average molecular weight is 327 g/mol. The fourth-order valence-corrected chi connectivity index (χ4v) is 2.62. The van der Waals surface area contributed by atoms with E-state index in [0.29, 0.717) is 19.8 Å². The Morgan fingerprint density at radius 2 is 2.00 bits per heavy atom. The van der Waals surface area contributed by atoms with E-state index in [4.69, 9.17) is 15.2 Å². The third-order valence-electron chi connectivity index (χ3n) is 4.09. The summed E-state index contributed by atoms with van der Waals surface area (Å²) >= 11 is 0. The van der Waals surface area contributed by atoms with E-state index >= 15 is 0 Å². The van der Waals surface area contributed by atoms with Gasteiger partial charge in [-0.3, -0.25) is 4.79 Å². The zero-order valence-electron chi connectivity index (χ0n) is 12.9. The van der Waals surface area contributed by atoms with E-state index in [1.165, 1.54) is 0 Å². The first kappa shape index (κ1) is 16.9. The molecule has 1 aliphatic carbocycles. The van der Waals surface area contributed by atoms with Crippen LogP contribution in [-0.2, 0) is 4.79 Å². The van der Waals surface area contributed by atoms with Gasteiger partial charge in [-0.15, -0.1) is 12.4 Å². The zero-order chi connectivity index (χ0) is 15.0. The normalized spacial score (nSPS) is 22.5. The zero-order valence-corrected chi connectivity index (χ0v) is 13.7. The Morgan fingerprint density at radius 1 is 1.32 bits per heavy atom. The number of ether oxygens (including phenoxy) is 2. The van der Waals surface area contributed by atoms with Crippen molar-refractivity contribution in [2.75, 3.05) is 19.8 Å². The number of rotatable bonds is 4. The maximum absolute atomic E-state index is 12.2. The molecule has 1 aromatic carbocycles. The highest BCUT2D eigenvalue weighted by Gasteiger charge is 2.45. The molecule has 1 aromatic rings. The smallest absolute Gasteiger partial charge is 0.224 e.